The molecule has 65 heavy (non-hydrogen) atoms. The van der Waals surface area contributed by atoms with Crippen molar-refractivity contribution in [2.45, 2.75) is 348 Å². The van der Waals surface area contributed by atoms with Crippen molar-refractivity contribution in [2.75, 3.05) is 13.2 Å². The van der Waals surface area contributed by atoms with Crippen molar-refractivity contribution in [1.82, 2.24) is 0 Å². The topological polar surface area (TPSA) is 78.9 Å². The summed E-state index contributed by atoms with van der Waals surface area (Å²) in [5, 5.41) is 0. The fourth-order valence-electron chi connectivity index (χ4n) is 9.15. The van der Waals surface area contributed by atoms with E-state index in [-0.39, 0.29) is 31.1 Å². The van der Waals surface area contributed by atoms with Crippen molar-refractivity contribution >= 4 is 17.9 Å². The molecule has 1 unspecified atom stereocenters. The van der Waals surface area contributed by atoms with E-state index in [0.717, 1.165) is 57.8 Å². The van der Waals surface area contributed by atoms with Gasteiger partial charge in [-0.05, 0) is 19.3 Å². The monoisotopic (exact) mass is 919 g/mol. The molecule has 0 rings (SSSR count). The van der Waals surface area contributed by atoms with Crippen LogP contribution in [0.3, 0.4) is 0 Å². The van der Waals surface area contributed by atoms with Gasteiger partial charge in [0, 0.05) is 19.3 Å². The van der Waals surface area contributed by atoms with E-state index in [2.05, 4.69) is 20.8 Å². The number of unbranched alkanes of at least 4 members (excludes halogenated alkanes) is 44. The van der Waals surface area contributed by atoms with Gasteiger partial charge in [-0.1, -0.05) is 303 Å². The number of hydrogen-bond acceptors (Lipinski definition) is 6. The molecule has 0 heterocycles. The Morgan fingerprint density at radius 1 is 0.246 bits per heavy atom. The summed E-state index contributed by atoms with van der Waals surface area (Å²) in [6.45, 7) is 6.66. The van der Waals surface area contributed by atoms with Crippen LogP contribution in [0, 0.1) is 0 Å². The Kier molecular flexibility index (Phi) is 53.7. The first kappa shape index (κ1) is 63.4. The van der Waals surface area contributed by atoms with Crippen molar-refractivity contribution in [3.63, 3.8) is 0 Å². The molecule has 0 aromatic carbocycles. The lowest BCUT2D eigenvalue weighted by atomic mass is 10.0. The third-order valence-electron chi connectivity index (χ3n) is 13.6. The normalized spacial score (nSPS) is 11.9. The van der Waals surface area contributed by atoms with Crippen LogP contribution in [0.5, 0.6) is 0 Å². The predicted octanol–water partition coefficient (Wildman–Crippen LogP) is 19.5. The molecule has 0 aromatic heterocycles. The SMILES string of the molecule is CCCCCCCCCCCCCCCCCCCCCCCCCCCCC(=O)OCC(COC(=O)CCCCCCCCC)OC(=O)CCCCCCCCCCCCCCCC. The predicted molar refractivity (Wildman–Crippen MR) is 280 cm³/mol. The summed E-state index contributed by atoms with van der Waals surface area (Å²) in [6.07, 6.45) is 61.3. The van der Waals surface area contributed by atoms with Gasteiger partial charge in [-0.3, -0.25) is 14.4 Å². The molecule has 0 radical (unpaired) electrons. The molecule has 386 valence electrons. The maximum absolute atomic E-state index is 12.8. The van der Waals surface area contributed by atoms with Crippen molar-refractivity contribution in [3.05, 3.63) is 0 Å². The van der Waals surface area contributed by atoms with Gasteiger partial charge in [0.15, 0.2) is 6.10 Å². The average molecular weight is 920 g/mol. The fraction of sp³-hybridized carbons (Fsp3) is 0.949. The zero-order chi connectivity index (χ0) is 47.2. The van der Waals surface area contributed by atoms with E-state index in [1.165, 1.54) is 244 Å². The minimum absolute atomic E-state index is 0.0620. The number of esters is 3. The third kappa shape index (κ3) is 53.2. The van der Waals surface area contributed by atoms with Crippen molar-refractivity contribution in [2.24, 2.45) is 0 Å². The van der Waals surface area contributed by atoms with Crippen LogP contribution >= 0.6 is 0 Å². The number of ether oxygens (including phenoxy) is 3. The molecule has 0 aromatic rings. The molecule has 0 spiro atoms. The highest BCUT2D eigenvalue weighted by Crippen LogP contribution is 2.18. The third-order valence-corrected chi connectivity index (χ3v) is 13.6. The Labute approximate surface area is 406 Å². The summed E-state index contributed by atoms with van der Waals surface area (Å²) in [4.78, 5) is 37.9. The molecule has 1 atom stereocenters. The minimum Gasteiger partial charge on any atom is -0.462 e. The van der Waals surface area contributed by atoms with E-state index in [1.54, 1.807) is 0 Å². The van der Waals surface area contributed by atoms with Gasteiger partial charge >= 0.3 is 17.9 Å². The van der Waals surface area contributed by atoms with Gasteiger partial charge in [-0.2, -0.15) is 0 Å². The van der Waals surface area contributed by atoms with Crippen LogP contribution in [-0.2, 0) is 28.6 Å². The lowest BCUT2D eigenvalue weighted by molar-refractivity contribution is -0.167. The van der Waals surface area contributed by atoms with Crippen molar-refractivity contribution in [1.29, 1.82) is 0 Å². The maximum atomic E-state index is 12.8. The second-order valence-electron chi connectivity index (χ2n) is 20.3. The van der Waals surface area contributed by atoms with Crippen LogP contribution in [0.25, 0.3) is 0 Å². The summed E-state index contributed by atoms with van der Waals surface area (Å²) < 4.78 is 16.8. The number of carbonyl (C=O) groups excluding carboxylic acids is 3. The molecule has 6 heteroatoms. The Balaban J connectivity index is 4.02. The molecule has 0 aliphatic carbocycles. The summed E-state index contributed by atoms with van der Waals surface area (Å²) in [5.41, 5.74) is 0. The van der Waals surface area contributed by atoms with Gasteiger partial charge in [0.25, 0.3) is 0 Å². The Bertz CT molecular complexity index is 967. The second kappa shape index (κ2) is 55.0. The number of hydrogen-bond donors (Lipinski definition) is 0. The quantitative estimate of drug-likeness (QED) is 0.0344. The van der Waals surface area contributed by atoms with Crippen LogP contribution in [0.2, 0.25) is 0 Å². The van der Waals surface area contributed by atoms with Crippen LogP contribution < -0.4 is 0 Å². The van der Waals surface area contributed by atoms with Crippen LogP contribution in [-0.4, -0.2) is 37.2 Å². The van der Waals surface area contributed by atoms with Gasteiger partial charge in [0.05, 0.1) is 0 Å². The fourth-order valence-corrected chi connectivity index (χ4v) is 9.15. The van der Waals surface area contributed by atoms with Crippen LogP contribution in [0.4, 0.5) is 0 Å². The van der Waals surface area contributed by atoms with E-state index in [9.17, 15) is 14.4 Å². The summed E-state index contributed by atoms with van der Waals surface area (Å²) in [6, 6.07) is 0. The molecule has 6 nitrogen and oxygen atoms in total. The van der Waals surface area contributed by atoms with Gasteiger partial charge in [0.1, 0.15) is 13.2 Å². The summed E-state index contributed by atoms with van der Waals surface area (Å²) in [7, 11) is 0. The highest BCUT2D eigenvalue weighted by Gasteiger charge is 2.19. The van der Waals surface area contributed by atoms with Gasteiger partial charge in [-0.25, -0.2) is 0 Å². The standard InChI is InChI=1S/C59H114O6/c1-4-7-10-13-16-18-20-22-24-25-26-27-28-29-30-31-32-33-34-35-37-38-40-43-46-49-52-58(61)64-55-56(54-63-57(60)51-48-45-42-15-12-9-6-3)65-59(62)53-50-47-44-41-39-36-23-21-19-17-14-11-8-5-2/h56H,4-55H2,1-3H3. The largest absolute Gasteiger partial charge is 0.462 e. The molecular formula is C59H114O6. The summed E-state index contributed by atoms with van der Waals surface area (Å²) in [5.74, 6) is -0.844. The first-order valence-electron chi connectivity index (χ1n) is 29.5. The first-order chi connectivity index (χ1) is 32.0. The van der Waals surface area contributed by atoms with Gasteiger partial charge in [-0.15, -0.1) is 0 Å². The van der Waals surface area contributed by atoms with E-state index in [0.29, 0.717) is 19.3 Å². The smallest absolute Gasteiger partial charge is 0.306 e. The Morgan fingerprint density at radius 2 is 0.415 bits per heavy atom. The number of rotatable bonds is 55. The first-order valence-corrected chi connectivity index (χ1v) is 29.5. The zero-order valence-corrected chi connectivity index (χ0v) is 44.3. The average Bonchev–Trinajstić information content (AvgIpc) is 3.30. The van der Waals surface area contributed by atoms with Gasteiger partial charge < -0.3 is 14.2 Å². The molecule has 0 aliphatic rings. The lowest BCUT2D eigenvalue weighted by Crippen LogP contribution is -2.30. The molecule has 0 aliphatic heterocycles. The molecule has 0 fully saturated rings. The summed E-state index contributed by atoms with van der Waals surface area (Å²) >= 11 is 0. The lowest BCUT2D eigenvalue weighted by Gasteiger charge is -2.18. The molecule has 0 saturated carbocycles. The van der Waals surface area contributed by atoms with Crippen LogP contribution in [0.1, 0.15) is 342 Å². The maximum Gasteiger partial charge on any atom is 0.306 e. The minimum atomic E-state index is -0.759. The molecule has 0 amide bonds. The second-order valence-corrected chi connectivity index (χ2v) is 20.3. The van der Waals surface area contributed by atoms with E-state index in [1.807, 2.05) is 0 Å². The molecule has 0 saturated heterocycles. The molecule has 0 bridgehead atoms. The molecule has 0 N–H and O–H groups in total. The van der Waals surface area contributed by atoms with E-state index >= 15 is 0 Å². The van der Waals surface area contributed by atoms with E-state index < -0.39 is 6.10 Å². The van der Waals surface area contributed by atoms with Gasteiger partial charge in [0.2, 0.25) is 0 Å². The Morgan fingerprint density at radius 3 is 0.615 bits per heavy atom. The van der Waals surface area contributed by atoms with Crippen molar-refractivity contribution < 1.29 is 28.6 Å². The van der Waals surface area contributed by atoms with Crippen LogP contribution in [0.15, 0.2) is 0 Å². The highest BCUT2D eigenvalue weighted by atomic mass is 16.6. The zero-order valence-electron chi connectivity index (χ0n) is 44.3. The molecular weight excluding hydrogens is 805 g/mol. The number of carbonyl (C=O) groups is 3. The highest BCUT2D eigenvalue weighted by molar-refractivity contribution is 5.71. The Hall–Kier alpha value is -1.59. The van der Waals surface area contributed by atoms with Crippen molar-refractivity contribution in [3.8, 4) is 0 Å². The van der Waals surface area contributed by atoms with E-state index in [4.69, 9.17) is 14.2 Å².